The lowest BCUT2D eigenvalue weighted by Crippen LogP contribution is -2.44. The molecule has 0 bridgehead atoms. The van der Waals surface area contributed by atoms with Crippen molar-refractivity contribution in [2.45, 2.75) is 52.2 Å². The minimum absolute atomic E-state index is 0.109. The number of nitriles is 1. The Hall–Kier alpha value is -2.08. The molecule has 2 heterocycles. The molecule has 26 heavy (non-hydrogen) atoms. The van der Waals surface area contributed by atoms with Crippen LogP contribution in [0.25, 0.3) is 0 Å². The molecule has 0 spiro atoms. The Morgan fingerprint density at radius 2 is 2.12 bits per heavy atom. The standard InChI is InChI=1S/C17H23BrN4O4/c1-5-25-15(23)13-12(9-19)14(18)20-22(13)11-7-6-8-21(10-11)16(24)26-17(2,3)4/h11H,5-8,10H2,1-4H3/t11-/m1/s1. The summed E-state index contributed by atoms with van der Waals surface area (Å²) in [5.74, 6) is -0.600. The van der Waals surface area contributed by atoms with Crippen molar-refractivity contribution in [3.63, 3.8) is 0 Å². The van der Waals surface area contributed by atoms with Gasteiger partial charge in [0.1, 0.15) is 21.8 Å². The second-order valence-corrected chi connectivity index (χ2v) is 7.76. The lowest BCUT2D eigenvalue weighted by atomic mass is 10.1. The first-order valence-corrected chi connectivity index (χ1v) is 9.30. The molecule has 0 unspecified atom stereocenters. The number of amides is 1. The summed E-state index contributed by atoms with van der Waals surface area (Å²) >= 11 is 3.23. The van der Waals surface area contributed by atoms with Crippen molar-refractivity contribution in [3.05, 3.63) is 15.9 Å². The van der Waals surface area contributed by atoms with Gasteiger partial charge < -0.3 is 14.4 Å². The zero-order chi connectivity index (χ0) is 19.5. The summed E-state index contributed by atoms with van der Waals surface area (Å²) in [6.45, 7) is 8.26. The first-order valence-electron chi connectivity index (χ1n) is 8.51. The van der Waals surface area contributed by atoms with E-state index in [1.54, 1.807) is 11.8 Å². The Morgan fingerprint density at radius 3 is 2.69 bits per heavy atom. The number of ether oxygens (including phenoxy) is 2. The van der Waals surface area contributed by atoms with E-state index in [2.05, 4.69) is 21.0 Å². The van der Waals surface area contributed by atoms with Crippen LogP contribution in [0.5, 0.6) is 0 Å². The van der Waals surface area contributed by atoms with Crippen molar-refractivity contribution < 1.29 is 19.1 Å². The Bertz CT molecular complexity index is 732. The van der Waals surface area contributed by atoms with E-state index in [0.717, 1.165) is 12.8 Å². The van der Waals surface area contributed by atoms with Crippen molar-refractivity contribution in [3.8, 4) is 6.07 Å². The van der Waals surface area contributed by atoms with Crippen molar-refractivity contribution in [2.75, 3.05) is 19.7 Å². The highest BCUT2D eigenvalue weighted by Crippen LogP contribution is 2.29. The Kier molecular flexibility index (Phi) is 6.29. The van der Waals surface area contributed by atoms with Crippen molar-refractivity contribution in [1.29, 1.82) is 5.26 Å². The summed E-state index contributed by atoms with van der Waals surface area (Å²) in [4.78, 5) is 26.3. The highest BCUT2D eigenvalue weighted by atomic mass is 79.9. The SMILES string of the molecule is CCOC(=O)c1c(C#N)c(Br)nn1[C@@H]1CCCN(C(=O)OC(C)(C)C)C1. The van der Waals surface area contributed by atoms with Crippen LogP contribution in [0.15, 0.2) is 4.60 Å². The van der Waals surface area contributed by atoms with Crippen LogP contribution in [0, 0.1) is 11.3 Å². The highest BCUT2D eigenvalue weighted by molar-refractivity contribution is 9.10. The zero-order valence-electron chi connectivity index (χ0n) is 15.4. The lowest BCUT2D eigenvalue weighted by Gasteiger charge is -2.34. The molecule has 0 radical (unpaired) electrons. The summed E-state index contributed by atoms with van der Waals surface area (Å²) < 4.78 is 12.3. The average molecular weight is 427 g/mol. The maximum atomic E-state index is 12.4. The molecule has 142 valence electrons. The molecule has 1 aromatic heterocycles. The molecule has 0 aliphatic carbocycles. The van der Waals surface area contributed by atoms with Gasteiger partial charge in [-0.1, -0.05) is 0 Å². The topological polar surface area (TPSA) is 97.5 Å². The van der Waals surface area contributed by atoms with Gasteiger partial charge in [-0.2, -0.15) is 10.4 Å². The van der Waals surface area contributed by atoms with Gasteiger partial charge in [0.05, 0.1) is 12.6 Å². The van der Waals surface area contributed by atoms with E-state index < -0.39 is 17.7 Å². The average Bonchev–Trinajstić information content (AvgIpc) is 2.90. The van der Waals surface area contributed by atoms with Crippen LogP contribution in [-0.4, -0.2) is 52.0 Å². The van der Waals surface area contributed by atoms with E-state index in [-0.39, 0.29) is 28.5 Å². The van der Waals surface area contributed by atoms with Crippen LogP contribution < -0.4 is 0 Å². The van der Waals surface area contributed by atoms with Gasteiger partial charge in [-0.25, -0.2) is 9.59 Å². The molecular formula is C17H23BrN4O4. The van der Waals surface area contributed by atoms with Gasteiger partial charge in [-0.15, -0.1) is 0 Å². The molecule has 0 aromatic carbocycles. The fourth-order valence-corrected chi connectivity index (χ4v) is 3.26. The third-order valence-electron chi connectivity index (χ3n) is 3.84. The smallest absolute Gasteiger partial charge is 0.410 e. The van der Waals surface area contributed by atoms with Crippen LogP contribution in [0.2, 0.25) is 0 Å². The minimum Gasteiger partial charge on any atom is -0.461 e. The van der Waals surface area contributed by atoms with Crippen LogP contribution in [-0.2, 0) is 9.47 Å². The summed E-state index contributed by atoms with van der Waals surface area (Å²) in [5.41, 5.74) is -0.335. The minimum atomic E-state index is -0.600. The number of hydrogen-bond donors (Lipinski definition) is 0. The van der Waals surface area contributed by atoms with Crippen molar-refractivity contribution >= 4 is 28.0 Å². The number of rotatable bonds is 3. The van der Waals surface area contributed by atoms with Gasteiger partial charge in [0.15, 0.2) is 5.69 Å². The largest absolute Gasteiger partial charge is 0.461 e. The number of hydrogen-bond acceptors (Lipinski definition) is 6. The molecule has 1 atom stereocenters. The number of likely N-dealkylation sites (tertiary alicyclic amines) is 1. The molecule has 1 fully saturated rings. The van der Waals surface area contributed by atoms with Crippen LogP contribution in [0.1, 0.15) is 62.6 Å². The number of esters is 1. The Labute approximate surface area is 161 Å². The first kappa shape index (κ1) is 20.2. The number of nitrogens with zero attached hydrogens (tertiary/aromatic N) is 4. The van der Waals surface area contributed by atoms with E-state index in [1.165, 1.54) is 4.68 Å². The summed E-state index contributed by atoms with van der Waals surface area (Å²) in [6.07, 6.45) is 1.07. The van der Waals surface area contributed by atoms with Gasteiger partial charge in [-0.05, 0) is 56.5 Å². The molecule has 0 saturated carbocycles. The fraction of sp³-hybridized carbons (Fsp3) is 0.647. The number of halogens is 1. The lowest BCUT2D eigenvalue weighted by molar-refractivity contribution is 0.0165. The molecule has 1 aliphatic rings. The molecule has 2 rings (SSSR count). The number of aromatic nitrogens is 2. The Balaban J connectivity index is 2.29. The van der Waals surface area contributed by atoms with Gasteiger partial charge in [-0.3, -0.25) is 4.68 Å². The zero-order valence-corrected chi connectivity index (χ0v) is 17.0. The molecule has 1 aliphatic heterocycles. The van der Waals surface area contributed by atoms with Gasteiger partial charge in [0, 0.05) is 13.1 Å². The monoisotopic (exact) mass is 426 g/mol. The van der Waals surface area contributed by atoms with Crippen molar-refractivity contribution in [1.82, 2.24) is 14.7 Å². The molecule has 1 saturated heterocycles. The second kappa shape index (κ2) is 8.08. The third kappa shape index (κ3) is 4.55. The number of carbonyl (C=O) groups excluding carboxylic acids is 2. The third-order valence-corrected chi connectivity index (χ3v) is 4.40. The normalized spacial score (nSPS) is 17.5. The number of piperidine rings is 1. The predicted octanol–water partition coefficient (Wildman–Crippen LogP) is 3.27. The maximum Gasteiger partial charge on any atom is 0.410 e. The van der Waals surface area contributed by atoms with E-state index in [9.17, 15) is 14.9 Å². The van der Waals surface area contributed by atoms with Gasteiger partial charge >= 0.3 is 12.1 Å². The van der Waals surface area contributed by atoms with E-state index >= 15 is 0 Å². The van der Waals surface area contributed by atoms with Gasteiger partial charge in [0.25, 0.3) is 0 Å². The predicted molar refractivity (Wildman–Crippen MR) is 96.7 cm³/mol. The van der Waals surface area contributed by atoms with Crippen LogP contribution in [0.3, 0.4) is 0 Å². The van der Waals surface area contributed by atoms with Crippen molar-refractivity contribution in [2.24, 2.45) is 0 Å². The molecular weight excluding hydrogens is 404 g/mol. The maximum absolute atomic E-state index is 12.4. The Morgan fingerprint density at radius 1 is 1.42 bits per heavy atom. The summed E-state index contributed by atoms with van der Waals surface area (Å²) in [5, 5.41) is 13.7. The van der Waals surface area contributed by atoms with Gasteiger partial charge in [0.2, 0.25) is 0 Å². The van der Waals surface area contributed by atoms with Crippen LogP contribution in [0.4, 0.5) is 4.79 Å². The highest BCUT2D eigenvalue weighted by Gasteiger charge is 2.33. The van der Waals surface area contributed by atoms with E-state index in [0.29, 0.717) is 13.1 Å². The summed E-state index contributed by atoms with van der Waals surface area (Å²) in [6, 6.07) is 1.75. The fourth-order valence-electron chi connectivity index (χ4n) is 2.81. The molecule has 9 heteroatoms. The quantitative estimate of drug-likeness (QED) is 0.687. The molecule has 0 N–H and O–H groups in total. The van der Waals surface area contributed by atoms with E-state index in [4.69, 9.17) is 9.47 Å². The molecule has 8 nitrogen and oxygen atoms in total. The molecule has 1 aromatic rings. The first-order chi connectivity index (χ1) is 12.2. The van der Waals surface area contributed by atoms with E-state index in [1.807, 2.05) is 26.8 Å². The molecule has 1 amide bonds. The summed E-state index contributed by atoms with van der Waals surface area (Å²) in [7, 11) is 0. The number of carbonyl (C=O) groups is 2. The second-order valence-electron chi connectivity index (χ2n) is 7.01. The van der Waals surface area contributed by atoms with Crippen LogP contribution >= 0.6 is 15.9 Å².